The number of benzene rings is 1. The van der Waals surface area contributed by atoms with Gasteiger partial charge in [0.2, 0.25) is 0 Å². The molecule has 10 heteroatoms. The van der Waals surface area contributed by atoms with Gasteiger partial charge in [-0.15, -0.1) is 0 Å². The van der Waals surface area contributed by atoms with Crippen LogP contribution in [0.15, 0.2) is 28.2 Å². The van der Waals surface area contributed by atoms with Crippen LogP contribution in [0.3, 0.4) is 0 Å². The van der Waals surface area contributed by atoms with E-state index in [0.717, 1.165) is 18.2 Å². The van der Waals surface area contributed by atoms with E-state index in [0.29, 0.717) is 0 Å². The van der Waals surface area contributed by atoms with Crippen molar-refractivity contribution in [1.29, 1.82) is 5.26 Å². The van der Waals surface area contributed by atoms with Crippen LogP contribution in [0, 0.1) is 11.3 Å². The number of thioether (sulfide) groups is 1. The van der Waals surface area contributed by atoms with E-state index in [-0.39, 0.29) is 5.69 Å². The predicted octanol–water partition coefficient (Wildman–Crippen LogP) is 4.75. The number of rotatable bonds is 3. The lowest BCUT2D eigenvalue weighted by molar-refractivity contribution is -0.237. The zero-order valence-corrected chi connectivity index (χ0v) is 9.64. The SMILES string of the molecule is N#Cc1c(N=[N+]=[N-])cccc1SC(F)(F)C(F)(F)F. The molecule has 0 aromatic heterocycles. The van der Waals surface area contributed by atoms with Crippen LogP contribution < -0.4 is 0 Å². The van der Waals surface area contributed by atoms with E-state index >= 15 is 0 Å². The summed E-state index contributed by atoms with van der Waals surface area (Å²) in [6.07, 6.45) is -5.75. The van der Waals surface area contributed by atoms with Gasteiger partial charge in [-0.3, -0.25) is 0 Å². The molecule has 0 spiro atoms. The molecular weight excluding hydrogens is 291 g/mol. The first kappa shape index (κ1) is 15.1. The lowest BCUT2D eigenvalue weighted by atomic mass is 10.2. The molecule has 0 bridgehead atoms. The Balaban J connectivity index is 3.27. The maximum Gasteiger partial charge on any atom is 0.464 e. The molecule has 1 aromatic rings. The summed E-state index contributed by atoms with van der Waals surface area (Å²) in [4.78, 5) is 1.74. The first-order valence-electron chi connectivity index (χ1n) is 4.44. The highest BCUT2D eigenvalue weighted by atomic mass is 32.2. The molecule has 0 unspecified atom stereocenters. The number of halogens is 5. The number of nitrogens with zero attached hydrogens (tertiary/aromatic N) is 4. The lowest BCUT2D eigenvalue weighted by Crippen LogP contribution is -2.32. The summed E-state index contributed by atoms with van der Waals surface area (Å²) in [5.74, 6) is 0. The first-order valence-corrected chi connectivity index (χ1v) is 5.26. The highest BCUT2D eigenvalue weighted by Gasteiger charge is 2.58. The molecule has 0 saturated heterocycles. The molecule has 4 nitrogen and oxygen atoms in total. The molecule has 100 valence electrons. The fourth-order valence-corrected chi connectivity index (χ4v) is 1.84. The lowest BCUT2D eigenvalue weighted by Gasteiger charge is -2.19. The molecular formula is C9H3F5N4S. The molecule has 0 fully saturated rings. The standard InChI is InChI=1S/C9H3F5N4S/c10-8(11,12)9(13,14)19-7-3-1-2-6(17-18-16)5(7)4-15/h1-3H. The molecule has 0 aliphatic heterocycles. The summed E-state index contributed by atoms with van der Waals surface area (Å²) in [5, 5.41) is 6.75. The first-order chi connectivity index (χ1) is 8.73. The Bertz CT molecular complexity index is 571. The largest absolute Gasteiger partial charge is 0.464 e. The molecule has 1 aromatic carbocycles. The Hall–Kier alpha value is -1.98. The van der Waals surface area contributed by atoms with Crippen LogP contribution in [0.25, 0.3) is 10.4 Å². The Labute approximate surface area is 107 Å². The smallest absolute Gasteiger partial charge is 0.192 e. The molecule has 0 radical (unpaired) electrons. The highest BCUT2D eigenvalue weighted by Crippen LogP contribution is 2.49. The van der Waals surface area contributed by atoms with Crippen molar-refractivity contribution >= 4 is 17.4 Å². The van der Waals surface area contributed by atoms with Gasteiger partial charge in [-0.1, -0.05) is 17.2 Å². The van der Waals surface area contributed by atoms with Crippen molar-refractivity contribution in [3.63, 3.8) is 0 Å². The van der Waals surface area contributed by atoms with Crippen molar-refractivity contribution in [1.82, 2.24) is 0 Å². The van der Waals surface area contributed by atoms with Gasteiger partial charge in [0.1, 0.15) is 6.07 Å². The van der Waals surface area contributed by atoms with Gasteiger partial charge in [-0.2, -0.15) is 27.2 Å². The van der Waals surface area contributed by atoms with Crippen LogP contribution in [-0.4, -0.2) is 11.4 Å². The maximum atomic E-state index is 12.9. The zero-order valence-electron chi connectivity index (χ0n) is 8.82. The summed E-state index contributed by atoms with van der Waals surface area (Å²) in [6.45, 7) is 0. The van der Waals surface area contributed by atoms with E-state index in [9.17, 15) is 22.0 Å². The quantitative estimate of drug-likeness (QED) is 0.265. The normalized spacial score (nSPS) is 11.6. The molecule has 19 heavy (non-hydrogen) atoms. The molecule has 0 amide bonds. The van der Waals surface area contributed by atoms with Crippen LogP contribution in [-0.2, 0) is 0 Å². The summed E-state index contributed by atoms with van der Waals surface area (Å²) >= 11 is -0.820. The Kier molecular flexibility index (Phi) is 4.24. The minimum Gasteiger partial charge on any atom is -0.192 e. The molecule has 0 atom stereocenters. The van der Waals surface area contributed by atoms with Crippen molar-refractivity contribution in [3.8, 4) is 6.07 Å². The van der Waals surface area contributed by atoms with Crippen LogP contribution in [0.1, 0.15) is 5.56 Å². The second kappa shape index (κ2) is 5.34. The van der Waals surface area contributed by atoms with Crippen molar-refractivity contribution in [2.75, 3.05) is 0 Å². The number of hydrogen-bond acceptors (Lipinski definition) is 3. The average molecular weight is 294 g/mol. The van der Waals surface area contributed by atoms with Gasteiger partial charge in [0.25, 0.3) is 0 Å². The van der Waals surface area contributed by atoms with Gasteiger partial charge in [0, 0.05) is 9.81 Å². The molecule has 0 heterocycles. The summed E-state index contributed by atoms with van der Waals surface area (Å²) in [7, 11) is 0. The third-order valence-corrected chi connectivity index (χ3v) is 2.88. The third kappa shape index (κ3) is 3.27. The van der Waals surface area contributed by atoms with Crippen molar-refractivity contribution in [3.05, 3.63) is 34.2 Å². The highest BCUT2D eigenvalue weighted by molar-refractivity contribution is 8.00. The van der Waals surface area contributed by atoms with E-state index in [1.807, 2.05) is 0 Å². The third-order valence-electron chi connectivity index (χ3n) is 1.84. The average Bonchev–Trinajstić information content (AvgIpc) is 2.28. The van der Waals surface area contributed by atoms with E-state index in [1.165, 1.54) is 6.07 Å². The molecule has 0 aliphatic rings. The fourth-order valence-electron chi connectivity index (χ4n) is 1.04. The van der Waals surface area contributed by atoms with E-state index in [4.69, 9.17) is 10.8 Å². The Morgan fingerprint density at radius 1 is 1.26 bits per heavy atom. The predicted molar refractivity (Wildman–Crippen MR) is 56.8 cm³/mol. The van der Waals surface area contributed by atoms with Crippen LogP contribution in [0.2, 0.25) is 0 Å². The number of azide groups is 1. The Morgan fingerprint density at radius 2 is 1.89 bits per heavy atom. The van der Waals surface area contributed by atoms with E-state index < -0.39 is 33.7 Å². The number of nitriles is 1. The molecule has 0 N–H and O–H groups in total. The van der Waals surface area contributed by atoms with Gasteiger partial charge in [-0.05, 0) is 23.4 Å². The minimum absolute atomic E-state index is 0.312. The maximum absolute atomic E-state index is 12.9. The summed E-state index contributed by atoms with van der Waals surface area (Å²) in [6, 6.07) is 4.60. The van der Waals surface area contributed by atoms with Crippen molar-refractivity contribution in [2.45, 2.75) is 16.3 Å². The monoisotopic (exact) mass is 294 g/mol. The van der Waals surface area contributed by atoms with Crippen molar-refractivity contribution in [2.24, 2.45) is 5.11 Å². The second-order valence-corrected chi connectivity index (χ2v) is 4.22. The number of alkyl halides is 5. The second-order valence-electron chi connectivity index (χ2n) is 3.07. The van der Waals surface area contributed by atoms with Gasteiger partial charge >= 0.3 is 11.4 Å². The van der Waals surface area contributed by atoms with Crippen molar-refractivity contribution < 1.29 is 22.0 Å². The zero-order chi connectivity index (χ0) is 14.7. The minimum atomic E-state index is -5.75. The Morgan fingerprint density at radius 3 is 2.37 bits per heavy atom. The van der Waals surface area contributed by atoms with Crippen LogP contribution in [0.5, 0.6) is 0 Å². The van der Waals surface area contributed by atoms with Gasteiger partial charge in [0.05, 0.1) is 11.3 Å². The molecule has 1 rings (SSSR count). The fraction of sp³-hybridized carbons (Fsp3) is 0.222. The summed E-state index contributed by atoms with van der Waals surface area (Å²) in [5.41, 5.74) is 7.36. The van der Waals surface area contributed by atoms with Crippen LogP contribution >= 0.6 is 11.8 Å². The van der Waals surface area contributed by atoms with Gasteiger partial charge in [-0.25, -0.2) is 0 Å². The molecule has 0 saturated carbocycles. The van der Waals surface area contributed by atoms with Gasteiger partial charge in [0.15, 0.2) is 0 Å². The summed E-state index contributed by atoms with van der Waals surface area (Å²) < 4.78 is 62.0. The topological polar surface area (TPSA) is 72.5 Å². The van der Waals surface area contributed by atoms with Crippen LogP contribution in [0.4, 0.5) is 27.6 Å². The van der Waals surface area contributed by atoms with E-state index in [2.05, 4.69) is 10.0 Å². The molecule has 0 aliphatic carbocycles. The number of hydrogen-bond donors (Lipinski definition) is 0. The van der Waals surface area contributed by atoms with Gasteiger partial charge < -0.3 is 0 Å². The van der Waals surface area contributed by atoms with E-state index in [1.54, 1.807) is 0 Å².